The van der Waals surface area contributed by atoms with Crippen molar-refractivity contribution in [3.05, 3.63) is 30.6 Å². The van der Waals surface area contributed by atoms with Crippen molar-refractivity contribution in [2.75, 3.05) is 131 Å². The Balaban J connectivity index is -0.0000000409. The van der Waals surface area contributed by atoms with Crippen molar-refractivity contribution >= 4 is 35.8 Å². The average molecular weight is 1740 g/mol. The maximum absolute atomic E-state index is 10.5. The summed E-state index contributed by atoms with van der Waals surface area (Å²) in [4.78, 5) is 83.4. The maximum atomic E-state index is 10.5. The summed E-state index contributed by atoms with van der Waals surface area (Å²) in [6.07, 6.45) is 0. The first kappa shape index (κ1) is 137. The number of nitrogens with zero attached hydrogens (tertiary/aromatic N) is 6. The molecule has 0 unspecified atom stereocenters. The molecule has 0 aromatic heterocycles. The second-order valence-electron chi connectivity index (χ2n) is 22.7. The first-order valence-electron chi connectivity index (χ1n) is 25.3. The molecule has 0 bridgehead atoms. The van der Waals surface area contributed by atoms with Crippen LogP contribution >= 0.6 is 0 Å². The number of carboxylic acids is 6. The third-order valence-corrected chi connectivity index (χ3v) is 8.43. The first-order valence-corrected chi connectivity index (χ1v) is 25.3. The van der Waals surface area contributed by atoms with Gasteiger partial charge in [-0.15, -0.1) is 26.4 Å². The van der Waals surface area contributed by atoms with Crippen LogP contribution in [0.2, 0.25) is 0 Å². The van der Waals surface area contributed by atoms with E-state index in [1.807, 2.05) is 19.6 Å². The maximum Gasteiger partial charge on any atom is 3.00 e. The van der Waals surface area contributed by atoms with Gasteiger partial charge in [-0.1, -0.05) is 125 Å². The molecule has 40 heteroatoms. The predicted molar refractivity (Wildman–Crippen MR) is 282 cm³/mol. The molecule has 0 aliphatic heterocycles. The molecule has 34 nitrogen and oxygen atoms in total. The number of aliphatic carboxylic acids is 6. The van der Waals surface area contributed by atoms with E-state index in [-0.39, 0.29) is 214 Å². The van der Waals surface area contributed by atoms with E-state index in [2.05, 4.69) is 0 Å². The van der Waals surface area contributed by atoms with Gasteiger partial charge in [0.1, 0.15) is 0 Å². The van der Waals surface area contributed by atoms with E-state index < -0.39 is 78.5 Å². The molecule has 0 atom stereocenters. The third kappa shape index (κ3) is 135. The fourth-order valence-corrected chi connectivity index (χ4v) is 2.99. The van der Waals surface area contributed by atoms with Crippen molar-refractivity contribution in [3.63, 3.8) is 0 Å². The first-order chi connectivity index (χ1) is 36.7. The zero-order valence-corrected chi connectivity index (χ0v) is 66.1. The Morgan fingerprint density at radius 3 is 0.422 bits per heavy atom. The largest absolute Gasteiger partial charge is 3.00 e. The number of rotatable bonds is 22. The van der Waals surface area contributed by atoms with Gasteiger partial charge < -0.3 is 161 Å². The van der Waals surface area contributed by atoms with Gasteiger partial charge in [-0.05, 0) is 26.2 Å². The van der Waals surface area contributed by atoms with Crippen LogP contribution in [0.1, 0.15) is 125 Å². The monoisotopic (exact) mass is 1730 g/mol. The molecule has 0 rings (SSSR count). The summed E-state index contributed by atoms with van der Waals surface area (Å²) in [7, 11) is 0. The van der Waals surface area contributed by atoms with Crippen LogP contribution in [0, 0.1) is 145 Å². The minimum absolute atomic E-state index is 0. The van der Waals surface area contributed by atoms with E-state index in [0.717, 1.165) is 0 Å². The van der Waals surface area contributed by atoms with Gasteiger partial charge in [0.15, 0.2) is 0 Å². The van der Waals surface area contributed by atoms with E-state index in [4.69, 9.17) is 51.1 Å². The standard InChI is InChI=1S/2C10H22N2O4.6C5H10O2.4Mn.2NO3.2Nd.2O/c2*13-7-3-11(4-8-14)1-2-12(5-9-15)6-10-16;6*1-5(2,3)4(6)7;;;;;2*2-1(3)4;;;;/h2*13,15H,1-10H2;6*1-3H3,(H,6,7);;;;;;;;;;/q2*-2;;;;;;;+2;3*+3;2*-1;2*+3;2*-2/p-6. The van der Waals surface area contributed by atoms with Crippen molar-refractivity contribution in [1.82, 2.24) is 19.6 Å². The molecule has 0 saturated carbocycles. The summed E-state index contributed by atoms with van der Waals surface area (Å²) >= 11 is 0. The van der Waals surface area contributed by atoms with Gasteiger partial charge in [-0.25, -0.2) is 0 Å². The molecule has 0 aliphatic carbocycles. The van der Waals surface area contributed by atoms with Crippen LogP contribution in [0.5, 0.6) is 0 Å². The Morgan fingerprint density at radius 2 is 0.378 bits per heavy atom. The summed E-state index contributed by atoms with van der Waals surface area (Å²) < 4.78 is 0. The molecule has 0 aliphatic rings. The molecular formula is C50H98Mn4N6Nd2O28+. The average Bonchev–Trinajstić information content (AvgIpc) is 3.27. The second kappa shape index (κ2) is 80.9. The molecule has 4 N–H and O–H groups in total. The van der Waals surface area contributed by atoms with E-state index in [9.17, 15) is 79.8 Å². The van der Waals surface area contributed by atoms with Crippen molar-refractivity contribution in [3.8, 4) is 0 Å². The van der Waals surface area contributed by atoms with Crippen LogP contribution in [0.25, 0.3) is 0 Å². The van der Waals surface area contributed by atoms with Crippen LogP contribution < -0.4 is 51.1 Å². The van der Waals surface area contributed by atoms with Crippen LogP contribution in [0.3, 0.4) is 0 Å². The van der Waals surface area contributed by atoms with Crippen molar-refractivity contribution in [2.45, 2.75) is 125 Å². The van der Waals surface area contributed by atoms with Crippen LogP contribution in [0.4, 0.5) is 0 Å². The fraction of sp³-hybridized carbons (Fsp3) is 0.880. The second-order valence-corrected chi connectivity index (χ2v) is 22.7. The molecule has 0 amide bonds. The molecule has 0 saturated heterocycles. The Hall–Kier alpha value is -0.561. The Morgan fingerprint density at radius 1 is 0.300 bits per heavy atom. The molecule has 0 aromatic carbocycles. The van der Waals surface area contributed by atoms with Gasteiger partial charge in [-0.2, -0.15) is 0 Å². The molecule has 531 valence electrons. The molecule has 0 aromatic rings. The summed E-state index contributed by atoms with van der Waals surface area (Å²) in [6, 6.07) is 0. The number of carboxylic acid groups (broad SMARTS) is 6. The van der Waals surface area contributed by atoms with Crippen LogP contribution in [0.15, 0.2) is 0 Å². The van der Waals surface area contributed by atoms with E-state index in [1.165, 1.54) is 0 Å². The fourth-order valence-electron chi connectivity index (χ4n) is 2.99. The summed E-state index contributed by atoms with van der Waals surface area (Å²) in [5, 5.41) is 166. The van der Waals surface area contributed by atoms with Crippen molar-refractivity contribution in [1.29, 1.82) is 0 Å². The van der Waals surface area contributed by atoms with Gasteiger partial charge >= 0.3 is 150 Å². The third-order valence-electron chi connectivity index (χ3n) is 8.43. The Labute approximate surface area is 639 Å². The molecule has 90 heavy (non-hydrogen) atoms. The van der Waals surface area contributed by atoms with Gasteiger partial charge in [0.2, 0.25) is 0 Å². The van der Waals surface area contributed by atoms with Gasteiger partial charge in [-0.3, -0.25) is 0 Å². The molecule has 0 heterocycles. The summed E-state index contributed by atoms with van der Waals surface area (Å²) in [5.41, 5.74) is -4.17. The zero-order valence-electron chi connectivity index (χ0n) is 54.9. The number of hydrogen-bond acceptors (Lipinski definition) is 30. The molecule has 3 radical (unpaired) electrons. The Kier molecular flexibility index (Phi) is 123. The smallest absolute Gasteiger partial charge is 2.00 e. The number of carbonyl (C=O) groups is 6. The molecular weight excluding hydrogens is 1640 g/mol. The number of aliphatic hydroxyl groups excluding tert-OH is 4. The van der Waals surface area contributed by atoms with E-state index >= 15 is 0 Å². The normalized spacial score (nSPS) is 9.93. The van der Waals surface area contributed by atoms with E-state index in [1.54, 1.807) is 125 Å². The Bertz CT molecular complexity index is 1350. The SMILES string of the molecule is CC(C)(C)C(=O)[O-].CC(C)(C)C(=O)[O-].CC(C)(C)C(=O)[O-].CC(C)(C)C(=O)[O-].CC(C)(C)C(=O)[O-].CC(C)(C)C(=O)[O-].O=[N+]([O-])[O-].O=[N+]([O-])[O-].[Mn+2].[Mn+3].[Mn+3].[Mn+3].[Nd+3].[Nd+3].[O-2].[O-2].[O-]CCN(CCO)CCN(CC[O-])CCO.[O-]CCN(CCO)CCN(CC[O-])CCO. The number of aliphatic hydroxyl groups is 4. The minimum Gasteiger partial charge on any atom is -2.00 e. The summed E-state index contributed by atoms with van der Waals surface area (Å²) in [6.45, 7) is 34.2. The molecule has 0 spiro atoms. The molecule has 0 fully saturated rings. The van der Waals surface area contributed by atoms with Gasteiger partial charge in [0.05, 0.1) is 36.6 Å². The number of hydrogen-bond donors (Lipinski definition) is 4. The van der Waals surface area contributed by atoms with Crippen LogP contribution in [-0.2, 0) is 108 Å². The van der Waals surface area contributed by atoms with Crippen LogP contribution in [-0.4, -0.2) is 217 Å². The quantitative estimate of drug-likeness (QED) is 0.0444. The zero-order chi connectivity index (χ0) is 68.1. The summed E-state index contributed by atoms with van der Waals surface area (Å²) in [5.74, 6) is -6.04. The predicted octanol–water partition coefficient (Wildman–Crippen LogP) is -9.44. The topological polar surface area (TPSA) is 616 Å². The minimum atomic E-state index is -1.75. The van der Waals surface area contributed by atoms with Crippen molar-refractivity contribution in [2.24, 2.45) is 32.5 Å². The van der Waals surface area contributed by atoms with Gasteiger partial charge in [0, 0.05) is 121 Å². The van der Waals surface area contributed by atoms with Crippen molar-refractivity contribution < 1.29 is 271 Å². The van der Waals surface area contributed by atoms with E-state index in [0.29, 0.717) is 78.5 Å². The van der Waals surface area contributed by atoms with Gasteiger partial charge in [0.25, 0.3) is 0 Å². The number of carbonyl (C=O) groups excluding carboxylic acids is 6.